The van der Waals surface area contributed by atoms with E-state index in [-0.39, 0.29) is 24.3 Å². The van der Waals surface area contributed by atoms with Gasteiger partial charge >= 0.3 is 5.97 Å². The van der Waals surface area contributed by atoms with Crippen LogP contribution in [0.2, 0.25) is 0 Å². The van der Waals surface area contributed by atoms with Crippen LogP contribution in [-0.4, -0.2) is 37.6 Å². The van der Waals surface area contributed by atoms with Crippen LogP contribution in [0.5, 0.6) is 0 Å². The quantitative estimate of drug-likeness (QED) is 0.685. The van der Waals surface area contributed by atoms with Crippen molar-refractivity contribution in [2.75, 3.05) is 19.7 Å². The van der Waals surface area contributed by atoms with Crippen LogP contribution in [0, 0.1) is 0 Å². The highest BCUT2D eigenvalue weighted by Crippen LogP contribution is 2.01. The summed E-state index contributed by atoms with van der Waals surface area (Å²) in [7, 11) is 0. The van der Waals surface area contributed by atoms with Gasteiger partial charge in [-0.3, -0.25) is 9.59 Å². The van der Waals surface area contributed by atoms with Crippen LogP contribution in [0.25, 0.3) is 0 Å². The van der Waals surface area contributed by atoms with Gasteiger partial charge in [-0.2, -0.15) is 0 Å². The SMILES string of the molecule is O=C(C[C@@H]1[NH2+]CCNC1=O)OCCc1ccccc1. The Kier molecular flexibility index (Phi) is 4.92. The van der Waals surface area contributed by atoms with E-state index in [9.17, 15) is 9.59 Å². The van der Waals surface area contributed by atoms with Gasteiger partial charge in [-0.15, -0.1) is 0 Å². The third-order valence-corrected chi connectivity index (χ3v) is 3.11. The van der Waals surface area contributed by atoms with Gasteiger partial charge in [0.15, 0.2) is 6.04 Å². The zero-order valence-corrected chi connectivity index (χ0v) is 10.8. The maximum absolute atomic E-state index is 11.6. The summed E-state index contributed by atoms with van der Waals surface area (Å²) in [6, 6.07) is 9.52. The molecule has 5 nitrogen and oxygen atoms in total. The molecule has 0 aromatic heterocycles. The van der Waals surface area contributed by atoms with Gasteiger partial charge in [-0.1, -0.05) is 30.3 Å². The number of carbonyl (C=O) groups is 2. The van der Waals surface area contributed by atoms with Crippen molar-refractivity contribution in [3.63, 3.8) is 0 Å². The molecule has 0 bridgehead atoms. The first-order valence-corrected chi connectivity index (χ1v) is 6.56. The monoisotopic (exact) mass is 263 g/mol. The minimum Gasteiger partial charge on any atom is -0.465 e. The summed E-state index contributed by atoms with van der Waals surface area (Å²) in [5.41, 5.74) is 1.14. The van der Waals surface area contributed by atoms with Gasteiger partial charge < -0.3 is 15.4 Å². The first-order chi connectivity index (χ1) is 9.25. The van der Waals surface area contributed by atoms with E-state index in [1.165, 1.54) is 0 Å². The highest BCUT2D eigenvalue weighted by atomic mass is 16.5. The Balaban J connectivity index is 1.68. The third kappa shape index (κ3) is 4.37. The zero-order chi connectivity index (χ0) is 13.5. The second kappa shape index (κ2) is 6.89. The highest BCUT2D eigenvalue weighted by Gasteiger charge is 2.28. The van der Waals surface area contributed by atoms with E-state index in [1.54, 1.807) is 0 Å². The zero-order valence-electron chi connectivity index (χ0n) is 10.8. The second-order valence-corrected chi connectivity index (χ2v) is 4.58. The van der Waals surface area contributed by atoms with Crippen molar-refractivity contribution in [2.24, 2.45) is 0 Å². The Morgan fingerprint density at radius 2 is 2.16 bits per heavy atom. The fraction of sp³-hybridized carbons (Fsp3) is 0.429. The number of rotatable bonds is 5. The van der Waals surface area contributed by atoms with Crippen molar-refractivity contribution in [1.29, 1.82) is 0 Å². The first kappa shape index (κ1) is 13.5. The van der Waals surface area contributed by atoms with Gasteiger partial charge in [-0.05, 0) is 5.56 Å². The Bertz CT molecular complexity index is 434. The Morgan fingerprint density at radius 1 is 1.37 bits per heavy atom. The largest absolute Gasteiger partial charge is 0.465 e. The molecule has 0 saturated carbocycles. The van der Waals surface area contributed by atoms with E-state index in [2.05, 4.69) is 5.32 Å². The van der Waals surface area contributed by atoms with E-state index in [4.69, 9.17) is 4.74 Å². The Labute approximate surface area is 112 Å². The molecule has 1 aliphatic rings. The van der Waals surface area contributed by atoms with Gasteiger partial charge in [0.05, 0.1) is 19.7 Å². The number of hydrogen-bond acceptors (Lipinski definition) is 3. The molecule has 1 fully saturated rings. The average molecular weight is 263 g/mol. The van der Waals surface area contributed by atoms with Crippen LogP contribution < -0.4 is 10.6 Å². The van der Waals surface area contributed by atoms with Gasteiger partial charge in [-0.25, -0.2) is 0 Å². The summed E-state index contributed by atoms with van der Waals surface area (Å²) in [5, 5.41) is 4.63. The van der Waals surface area contributed by atoms with Gasteiger partial charge in [0.2, 0.25) is 0 Å². The number of quaternary nitrogens is 1. The molecule has 5 heteroatoms. The second-order valence-electron chi connectivity index (χ2n) is 4.58. The smallest absolute Gasteiger partial charge is 0.312 e. The Hall–Kier alpha value is -1.88. The minimum atomic E-state index is -0.335. The molecule has 0 aliphatic carbocycles. The fourth-order valence-corrected chi connectivity index (χ4v) is 2.06. The van der Waals surface area contributed by atoms with E-state index in [1.807, 2.05) is 35.6 Å². The van der Waals surface area contributed by atoms with E-state index in [0.29, 0.717) is 19.6 Å². The first-order valence-electron chi connectivity index (χ1n) is 6.56. The molecule has 1 aromatic rings. The summed E-state index contributed by atoms with van der Waals surface area (Å²) >= 11 is 0. The van der Waals surface area contributed by atoms with Gasteiger partial charge in [0.1, 0.15) is 6.42 Å². The molecular formula is C14H19N2O3+. The number of piperazine rings is 1. The maximum atomic E-state index is 11.6. The van der Waals surface area contributed by atoms with Crippen molar-refractivity contribution in [3.05, 3.63) is 35.9 Å². The van der Waals surface area contributed by atoms with E-state index < -0.39 is 0 Å². The average Bonchev–Trinajstić information content (AvgIpc) is 2.43. The molecule has 0 radical (unpaired) electrons. The lowest BCUT2D eigenvalue weighted by molar-refractivity contribution is -0.678. The van der Waals surface area contributed by atoms with Crippen LogP contribution in [0.4, 0.5) is 0 Å². The molecule has 3 N–H and O–H groups in total. The highest BCUT2D eigenvalue weighted by molar-refractivity contribution is 5.85. The molecule has 1 amide bonds. The van der Waals surface area contributed by atoms with Crippen LogP contribution in [0.3, 0.4) is 0 Å². The predicted molar refractivity (Wildman–Crippen MR) is 69.3 cm³/mol. The van der Waals surface area contributed by atoms with Crippen molar-refractivity contribution in [1.82, 2.24) is 5.32 Å². The summed E-state index contributed by atoms with van der Waals surface area (Å²) in [6.07, 6.45) is 0.841. The number of nitrogens with two attached hydrogens (primary N) is 1. The van der Waals surface area contributed by atoms with Crippen LogP contribution >= 0.6 is 0 Å². The molecule has 0 spiro atoms. The lowest BCUT2D eigenvalue weighted by atomic mass is 10.1. The van der Waals surface area contributed by atoms with E-state index >= 15 is 0 Å². The van der Waals surface area contributed by atoms with Crippen molar-refractivity contribution in [3.8, 4) is 0 Å². The number of amides is 1. The van der Waals surface area contributed by atoms with Crippen LogP contribution in [0.1, 0.15) is 12.0 Å². The van der Waals surface area contributed by atoms with Crippen LogP contribution in [0.15, 0.2) is 30.3 Å². The molecule has 1 aliphatic heterocycles. The molecule has 1 saturated heterocycles. The standard InChI is InChI=1S/C14H18N2O3/c17-13(10-12-14(18)16-8-7-15-12)19-9-6-11-4-2-1-3-5-11/h1-5,12,15H,6-10H2,(H,16,18)/p+1/t12-/m0/s1. The summed E-state index contributed by atoms with van der Waals surface area (Å²) < 4.78 is 5.16. The molecule has 1 atom stereocenters. The number of esters is 1. The normalized spacial score (nSPS) is 18.7. The number of benzene rings is 1. The molecule has 2 rings (SSSR count). The lowest BCUT2D eigenvalue weighted by Gasteiger charge is -2.19. The molecule has 102 valence electrons. The lowest BCUT2D eigenvalue weighted by Crippen LogP contribution is -2.96. The number of carbonyl (C=O) groups excluding carboxylic acids is 2. The topological polar surface area (TPSA) is 72.0 Å². The fourth-order valence-electron chi connectivity index (χ4n) is 2.06. The van der Waals surface area contributed by atoms with Gasteiger partial charge in [0.25, 0.3) is 5.91 Å². The molecule has 1 aromatic carbocycles. The molecule has 1 heterocycles. The molecule has 19 heavy (non-hydrogen) atoms. The van der Waals surface area contributed by atoms with Crippen molar-refractivity contribution >= 4 is 11.9 Å². The van der Waals surface area contributed by atoms with E-state index in [0.717, 1.165) is 12.1 Å². The number of ether oxygens (including phenoxy) is 1. The number of hydrogen-bond donors (Lipinski definition) is 2. The third-order valence-electron chi connectivity index (χ3n) is 3.11. The predicted octanol–water partition coefficient (Wildman–Crippen LogP) is -0.776. The summed E-state index contributed by atoms with van der Waals surface area (Å²) in [4.78, 5) is 23.1. The maximum Gasteiger partial charge on any atom is 0.312 e. The Morgan fingerprint density at radius 3 is 2.89 bits per heavy atom. The van der Waals surface area contributed by atoms with Crippen molar-refractivity contribution in [2.45, 2.75) is 18.9 Å². The molecule has 0 unspecified atom stereocenters. The molecular weight excluding hydrogens is 244 g/mol. The van der Waals surface area contributed by atoms with Gasteiger partial charge in [0, 0.05) is 6.42 Å². The van der Waals surface area contributed by atoms with Crippen molar-refractivity contribution < 1.29 is 19.6 Å². The number of nitrogens with one attached hydrogen (secondary N) is 1. The minimum absolute atomic E-state index is 0.0775. The summed E-state index contributed by atoms with van der Waals surface area (Å²) in [5.74, 6) is -0.388. The van der Waals surface area contributed by atoms with Crippen LogP contribution in [-0.2, 0) is 20.7 Å². The summed E-state index contributed by atoms with van der Waals surface area (Å²) in [6.45, 7) is 1.84.